The molecule has 0 atom stereocenters. The third-order valence-corrected chi connectivity index (χ3v) is 4.32. The summed E-state index contributed by atoms with van der Waals surface area (Å²) in [6.07, 6.45) is 1.44. The van der Waals surface area contributed by atoms with Gasteiger partial charge in [-0.05, 0) is 35.0 Å². The third kappa shape index (κ3) is 2.76. The number of benzene rings is 3. The molecular weight excluding hydrogens is 330 g/mol. The summed E-state index contributed by atoms with van der Waals surface area (Å²) in [6, 6.07) is 14.9. The number of hydrogen-bond acceptors (Lipinski definition) is 6. The molecule has 0 unspecified atom stereocenters. The van der Waals surface area contributed by atoms with Gasteiger partial charge in [0, 0.05) is 10.9 Å². The van der Waals surface area contributed by atoms with Crippen molar-refractivity contribution in [3.05, 3.63) is 60.4 Å². The Morgan fingerprint density at radius 1 is 1.04 bits per heavy atom. The molecule has 130 valence electrons. The van der Waals surface area contributed by atoms with Crippen LogP contribution in [0.3, 0.4) is 0 Å². The van der Waals surface area contributed by atoms with E-state index in [9.17, 15) is 10.2 Å². The molecule has 0 bridgehead atoms. The maximum Gasteiger partial charge on any atom is 0.141 e. The van der Waals surface area contributed by atoms with Gasteiger partial charge in [-0.2, -0.15) is 0 Å². The van der Waals surface area contributed by atoms with Crippen LogP contribution >= 0.6 is 0 Å². The Balaban J connectivity index is 1.83. The van der Waals surface area contributed by atoms with Crippen molar-refractivity contribution >= 4 is 33.2 Å². The molecule has 6 heteroatoms. The highest BCUT2D eigenvalue weighted by Crippen LogP contribution is 2.34. The van der Waals surface area contributed by atoms with Gasteiger partial charge in [-0.1, -0.05) is 24.3 Å². The first kappa shape index (κ1) is 16.1. The Morgan fingerprint density at radius 2 is 1.81 bits per heavy atom. The predicted molar refractivity (Wildman–Crippen MR) is 101 cm³/mol. The Hall–Kier alpha value is -3.38. The molecule has 0 aliphatic carbocycles. The van der Waals surface area contributed by atoms with Gasteiger partial charge in [-0.15, -0.1) is 0 Å². The van der Waals surface area contributed by atoms with E-state index in [2.05, 4.69) is 15.3 Å². The fourth-order valence-corrected chi connectivity index (χ4v) is 3.00. The number of rotatable bonds is 4. The molecule has 3 aromatic carbocycles. The molecule has 1 heterocycles. The molecule has 0 aliphatic rings. The number of ether oxygens (including phenoxy) is 1. The lowest BCUT2D eigenvalue weighted by molar-refractivity contribution is 0.274. The Kier molecular flexibility index (Phi) is 4.02. The van der Waals surface area contributed by atoms with Crippen molar-refractivity contribution in [2.45, 2.75) is 6.61 Å². The molecule has 0 saturated heterocycles. The summed E-state index contributed by atoms with van der Waals surface area (Å²) in [4.78, 5) is 8.56. The van der Waals surface area contributed by atoms with Crippen LogP contribution in [0.15, 0.2) is 54.9 Å². The number of aliphatic hydroxyl groups excluding tert-OH is 1. The number of hydrogen-bond donors (Lipinski definition) is 3. The van der Waals surface area contributed by atoms with E-state index in [1.807, 2.05) is 30.3 Å². The zero-order valence-corrected chi connectivity index (χ0v) is 14.1. The van der Waals surface area contributed by atoms with E-state index < -0.39 is 0 Å². The first-order chi connectivity index (χ1) is 12.7. The lowest BCUT2D eigenvalue weighted by Gasteiger charge is -2.13. The van der Waals surface area contributed by atoms with Gasteiger partial charge in [0.1, 0.15) is 23.6 Å². The number of nitrogens with one attached hydrogen (secondary N) is 1. The number of phenols is 1. The number of phenolic OH excluding ortho intramolecular Hbond substituents is 1. The molecule has 4 rings (SSSR count). The molecule has 4 aromatic rings. The van der Waals surface area contributed by atoms with Crippen LogP contribution in [0.25, 0.3) is 21.7 Å². The molecule has 0 fully saturated rings. The summed E-state index contributed by atoms with van der Waals surface area (Å²) < 4.78 is 5.34. The summed E-state index contributed by atoms with van der Waals surface area (Å²) in [5.41, 5.74) is 1.87. The van der Waals surface area contributed by atoms with Crippen molar-refractivity contribution < 1.29 is 14.9 Å². The van der Waals surface area contributed by atoms with Crippen molar-refractivity contribution in [3.8, 4) is 11.5 Å². The Morgan fingerprint density at radius 3 is 2.54 bits per heavy atom. The summed E-state index contributed by atoms with van der Waals surface area (Å²) in [5.74, 6) is 1.23. The van der Waals surface area contributed by atoms with Gasteiger partial charge < -0.3 is 20.3 Å². The van der Waals surface area contributed by atoms with Crippen molar-refractivity contribution in [1.29, 1.82) is 0 Å². The molecule has 0 aliphatic heterocycles. The summed E-state index contributed by atoms with van der Waals surface area (Å²) in [5, 5.41) is 25.7. The van der Waals surface area contributed by atoms with Crippen LogP contribution in [0.2, 0.25) is 0 Å². The van der Waals surface area contributed by atoms with Crippen LogP contribution in [-0.4, -0.2) is 27.3 Å². The second-order valence-electron chi connectivity index (χ2n) is 5.90. The quantitative estimate of drug-likeness (QED) is 0.488. The first-order valence-corrected chi connectivity index (χ1v) is 8.11. The Labute approximate surface area is 149 Å². The van der Waals surface area contributed by atoms with Crippen molar-refractivity contribution in [2.75, 3.05) is 12.4 Å². The van der Waals surface area contributed by atoms with E-state index in [0.717, 1.165) is 16.2 Å². The van der Waals surface area contributed by atoms with Crippen molar-refractivity contribution in [3.63, 3.8) is 0 Å². The van der Waals surface area contributed by atoms with Crippen LogP contribution < -0.4 is 10.1 Å². The van der Waals surface area contributed by atoms with Crippen LogP contribution in [-0.2, 0) is 6.61 Å². The zero-order chi connectivity index (χ0) is 18.1. The minimum atomic E-state index is -0.142. The maximum atomic E-state index is 10.4. The molecule has 0 spiro atoms. The van der Waals surface area contributed by atoms with Crippen molar-refractivity contribution in [1.82, 2.24) is 9.97 Å². The first-order valence-electron chi connectivity index (χ1n) is 8.11. The highest BCUT2D eigenvalue weighted by atomic mass is 16.5. The number of anilines is 2. The molecule has 0 amide bonds. The molecule has 26 heavy (non-hydrogen) atoms. The smallest absolute Gasteiger partial charge is 0.141 e. The normalized spacial score (nSPS) is 11.0. The van der Waals surface area contributed by atoms with E-state index in [1.54, 1.807) is 25.3 Å². The van der Waals surface area contributed by atoms with Gasteiger partial charge in [-0.3, -0.25) is 0 Å². The van der Waals surface area contributed by atoms with Crippen LogP contribution in [0, 0.1) is 0 Å². The average molecular weight is 347 g/mol. The van der Waals surface area contributed by atoms with E-state index in [4.69, 9.17) is 4.74 Å². The van der Waals surface area contributed by atoms with Gasteiger partial charge >= 0.3 is 0 Å². The van der Waals surface area contributed by atoms with Gasteiger partial charge in [0.15, 0.2) is 0 Å². The van der Waals surface area contributed by atoms with Gasteiger partial charge in [0.25, 0.3) is 0 Å². The van der Waals surface area contributed by atoms with E-state index >= 15 is 0 Å². The number of aliphatic hydroxyl groups is 1. The van der Waals surface area contributed by atoms with Crippen LogP contribution in [0.5, 0.6) is 11.5 Å². The topological polar surface area (TPSA) is 87.5 Å². The highest BCUT2D eigenvalue weighted by Gasteiger charge is 2.12. The van der Waals surface area contributed by atoms with E-state index in [0.29, 0.717) is 28.3 Å². The molecule has 1 aromatic heterocycles. The SMILES string of the molecule is COc1cc2c(Nc3cc4ccccc4cc3O)ncnc2cc1CO. The van der Waals surface area contributed by atoms with Gasteiger partial charge in [-0.25, -0.2) is 9.97 Å². The molecule has 0 radical (unpaired) electrons. The van der Waals surface area contributed by atoms with Gasteiger partial charge in [0.2, 0.25) is 0 Å². The van der Waals surface area contributed by atoms with Crippen LogP contribution in [0.1, 0.15) is 5.56 Å². The second kappa shape index (κ2) is 6.50. The second-order valence-corrected chi connectivity index (χ2v) is 5.90. The standard InChI is InChI=1S/C20H17N3O3/c1-26-19-9-15-16(7-14(19)10-24)21-11-22-20(15)23-17-6-12-4-2-3-5-13(12)8-18(17)25/h2-9,11,24-25H,10H2,1H3,(H,21,22,23). The molecular formula is C20H17N3O3. The summed E-state index contributed by atoms with van der Waals surface area (Å²) in [6.45, 7) is -0.142. The minimum Gasteiger partial charge on any atom is -0.506 e. The number of nitrogens with zero attached hydrogens (tertiary/aromatic N) is 2. The Bertz CT molecular complexity index is 1110. The molecule has 6 nitrogen and oxygen atoms in total. The minimum absolute atomic E-state index is 0.134. The van der Waals surface area contributed by atoms with Gasteiger partial charge in [0.05, 0.1) is 24.9 Å². The maximum absolute atomic E-state index is 10.4. The average Bonchev–Trinajstić information content (AvgIpc) is 2.67. The highest BCUT2D eigenvalue weighted by molar-refractivity contribution is 5.95. The monoisotopic (exact) mass is 347 g/mol. The largest absolute Gasteiger partial charge is 0.506 e. The third-order valence-electron chi connectivity index (χ3n) is 4.32. The fourth-order valence-electron chi connectivity index (χ4n) is 3.00. The number of methoxy groups -OCH3 is 1. The van der Waals surface area contributed by atoms with E-state index in [1.165, 1.54) is 6.33 Å². The molecule has 3 N–H and O–H groups in total. The fraction of sp³-hybridized carbons (Fsp3) is 0.100. The number of fused-ring (bicyclic) bond motifs is 2. The molecule has 0 saturated carbocycles. The summed E-state index contributed by atoms with van der Waals surface area (Å²) >= 11 is 0. The number of aromatic nitrogens is 2. The van der Waals surface area contributed by atoms with Crippen LogP contribution in [0.4, 0.5) is 11.5 Å². The van der Waals surface area contributed by atoms with E-state index in [-0.39, 0.29) is 12.4 Å². The number of aromatic hydroxyl groups is 1. The zero-order valence-electron chi connectivity index (χ0n) is 14.1. The van der Waals surface area contributed by atoms with Crippen molar-refractivity contribution in [2.24, 2.45) is 0 Å². The predicted octanol–water partition coefficient (Wildman–Crippen LogP) is 3.73. The lowest BCUT2D eigenvalue weighted by atomic mass is 10.1. The summed E-state index contributed by atoms with van der Waals surface area (Å²) in [7, 11) is 1.55. The lowest BCUT2D eigenvalue weighted by Crippen LogP contribution is -1.99.